The molecule has 3 rings (SSSR count). The molecule has 1 amide bonds. The van der Waals surface area contributed by atoms with E-state index in [1.165, 1.54) is 0 Å². The summed E-state index contributed by atoms with van der Waals surface area (Å²) in [5, 5.41) is 0. The predicted molar refractivity (Wildman–Crippen MR) is 121 cm³/mol. The van der Waals surface area contributed by atoms with Crippen molar-refractivity contribution in [2.24, 2.45) is 0 Å². The van der Waals surface area contributed by atoms with Crippen molar-refractivity contribution in [3.05, 3.63) is 59.7 Å². The van der Waals surface area contributed by atoms with Crippen molar-refractivity contribution in [3.8, 4) is 5.75 Å². The predicted octanol–water partition coefficient (Wildman–Crippen LogP) is 5.28. The van der Waals surface area contributed by atoms with Crippen LogP contribution in [0.2, 0.25) is 0 Å². The number of nitrogens with zero attached hydrogens (tertiary/aromatic N) is 2. The van der Waals surface area contributed by atoms with Crippen molar-refractivity contribution in [1.29, 1.82) is 0 Å². The molecule has 162 valence electrons. The summed E-state index contributed by atoms with van der Waals surface area (Å²) in [6.07, 6.45) is 3.79. The number of carbonyl (C=O) groups is 1. The number of fused-ring (bicyclic) bond motifs is 1. The lowest BCUT2D eigenvalue weighted by molar-refractivity contribution is 0.146. The summed E-state index contributed by atoms with van der Waals surface area (Å²) in [7, 11) is 0. The lowest BCUT2D eigenvalue weighted by atomic mass is 10.0. The average molecular weight is 411 g/mol. The average Bonchev–Trinajstić information content (AvgIpc) is 2.80. The summed E-state index contributed by atoms with van der Waals surface area (Å²) >= 11 is 0. The Morgan fingerprint density at radius 1 is 1.07 bits per heavy atom. The number of hydrogen-bond donors (Lipinski definition) is 0. The number of anilines is 1. The van der Waals surface area contributed by atoms with E-state index in [2.05, 4.69) is 24.8 Å². The fourth-order valence-electron chi connectivity index (χ4n) is 3.82. The fourth-order valence-corrected chi connectivity index (χ4v) is 3.82. The lowest BCUT2D eigenvalue weighted by Gasteiger charge is -2.29. The molecule has 2 aromatic carbocycles. The van der Waals surface area contributed by atoms with E-state index in [-0.39, 0.29) is 6.09 Å². The molecule has 0 bridgehead atoms. The zero-order valence-electron chi connectivity index (χ0n) is 18.3. The second-order valence-corrected chi connectivity index (χ2v) is 7.67. The highest BCUT2D eigenvalue weighted by atomic mass is 16.6. The maximum absolute atomic E-state index is 12.6. The Hall–Kier alpha value is -2.53. The third-order valence-corrected chi connectivity index (χ3v) is 5.63. The molecule has 0 aliphatic carbocycles. The maximum Gasteiger partial charge on any atom is 0.414 e. The number of benzene rings is 2. The summed E-state index contributed by atoms with van der Waals surface area (Å²) in [6.45, 7) is 9.44. The molecule has 0 fully saturated rings. The number of carbonyl (C=O) groups excluding carboxylic acids is 1. The van der Waals surface area contributed by atoms with Crippen LogP contribution in [0, 0.1) is 0 Å². The Morgan fingerprint density at radius 3 is 2.63 bits per heavy atom. The maximum atomic E-state index is 12.6. The van der Waals surface area contributed by atoms with Gasteiger partial charge in [0.05, 0.1) is 12.3 Å². The van der Waals surface area contributed by atoms with Crippen LogP contribution in [0.4, 0.5) is 10.5 Å². The third kappa shape index (κ3) is 6.23. The van der Waals surface area contributed by atoms with Crippen LogP contribution in [-0.4, -0.2) is 43.8 Å². The summed E-state index contributed by atoms with van der Waals surface area (Å²) in [4.78, 5) is 16.8. The largest absolute Gasteiger partial charge is 0.494 e. The van der Waals surface area contributed by atoms with Crippen molar-refractivity contribution >= 4 is 11.8 Å². The minimum atomic E-state index is -0.287. The van der Waals surface area contributed by atoms with E-state index < -0.39 is 0 Å². The van der Waals surface area contributed by atoms with Gasteiger partial charge in [-0.3, -0.25) is 4.90 Å². The highest BCUT2D eigenvalue weighted by Gasteiger charge is 2.24. The van der Waals surface area contributed by atoms with Gasteiger partial charge in [-0.2, -0.15) is 0 Å². The molecule has 0 radical (unpaired) electrons. The molecule has 0 aromatic heterocycles. The first-order chi connectivity index (χ1) is 14.7. The quantitative estimate of drug-likeness (QED) is 0.500. The molecule has 0 saturated heterocycles. The van der Waals surface area contributed by atoms with Gasteiger partial charge in [-0.05, 0) is 74.6 Å². The third-order valence-electron chi connectivity index (χ3n) is 5.63. The van der Waals surface area contributed by atoms with Gasteiger partial charge in [0.15, 0.2) is 0 Å². The zero-order valence-corrected chi connectivity index (χ0v) is 18.3. The van der Waals surface area contributed by atoms with E-state index in [0.29, 0.717) is 13.2 Å². The fraction of sp³-hybridized carbons (Fsp3) is 0.480. The minimum Gasteiger partial charge on any atom is -0.494 e. The van der Waals surface area contributed by atoms with Crippen molar-refractivity contribution in [1.82, 2.24) is 4.90 Å². The second-order valence-electron chi connectivity index (χ2n) is 7.67. The lowest BCUT2D eigenvalue weighted by Crippen LogP contribution is -2.35. The van der Waals surface area contributed by atoms with Crippen molar-refractivity contribution < 1.29 is 14.3 Å². The number of amides is 1. The van der Waals surface area contributed by atoms with Crippen LogP contribution in [-0.2, 0) is 17.8 Å². The topological polar surface area (TPSA) is 42.0 Å². The van der Waals surface area contributed by atoms with Gasteiger partial charge in [-0.15, -0.1) is 0 Å². The standard InChI is InChI=1S/C25H34N2O3/c1-3-26(4-2)16-8-9-18-29-23-14-15-24-22(19-23)13-10-17-27(24)25(28)30-20-21-11-6-5-7-12-21/h5-7,11-12,14-15,19H,3-4,8-10,13,16-18,20H2,1-2H3. The second kappa shape index (κ2) is 11.6. The normalized spacial score (nSPS) is 13.2. The first kappa shape index (κ1) is 22.2. The number of aryl methyl sites for hydroxylation is 1. The summed E-state index contributed by atoms with van der Waals surface area (Å²) < 4.78 is 11.5. The Kier molecular flexibility index (Phi) is 8.57. The molecule has 2 aromatic rings. The van der Waals surface area contributed by atoms with Crippen LogP contribution < -0.4 is 9.64 Å². The summed E-state index contributed by atoms with van der Waals surface area (Å²) in [6, 6.07) is 15.8. The van der Waals surface area contributed by atoms with Crippen LogP contribution >= 0.6 is 0 Å². The van der Waals surface area contributed by atoms with Crippen molar-refractivity contribution in [2.45, 2.75) is 46.1 Å². The minimum absolute atomic E-state index is 0.287. The Labute approximate surface area is 180 Å². The van der Waals surface area contributed by atoms with Gasteiger partial charge in [0.1, 0.15) is 12.4 Å². The Balaban J connectivity index is 1.50. The molecule has 0 atom stereocenters. The van der Waals surface area contributed by atoms with Gasteiger partial charge in [0.2, 0.25) is 0 Å². The molecular weight excluding hydrogens is 376 g/mol. The number of unbranched alkanes of at least 4 members (excludes halogenated alkanes) is 1. The van der Waals surface area contributed by atoms with Crippen molar-refractivity contribution in [2.75, 3.05) is 37.7 Å². The molecule has 1 aliphatic rings. The molecule has 5 heteroatoms. The molecule has 5 nitrogen and oxygen atoms in total. The first-order valence-electron chi connectivity index (χ1n) is 11.2. The van der Waals surface area contributed by atoms with Crippen LogP contribution in [0.25, 0.3) is 0 Å². The number of rotatable bonds is 10. The van der Waals surface area contributed by atoms with Crippen molar-refractivity contribution in [3.63, 3.8) is 0 Å². The summed E-state index contributed by atoms with van der Waals surface area (Å²) in [5.41, 5.74) is 3.08. The molecule has 0 saturated carbocycles. The van der Waals surface area contributed by atoms with E-state index in [4.69, 9.17) is 9.47 Å². The highest BCUT2D eigenvalue weighted by Crippen LogP contribution is 2.31. The molecular formula is C25H34N2O3. The van der Waals surface area contributed by atoms with E-state index in [1.54, 1.807) is 4.90 Å². The summed E-state index contributed by atoms with van der Waals surface area (Å²) in [5.74, 6) is 0.885. The SMILES string of the molecule is CCN(CC)CCCCOc1ccc2c(c1)CCCN2C(=O)OCc1ccccc1. The van der Waals surface area contributed by atoms with Gasteiger partial charge in [0.25, 0.3) is 0 Å². The Bertz CT molecular complexity index is 790. The molecule has 30 heavy (non-hydrogen) atoms. The van der Waals surface area contributed by atoms with Gasteiger partial charge in [-0.25, -0.2) is 4.79 Å². The van der Waals surface area contributed by atoms with E-state index in [1.807, 2.05) is 42.5 Å². The van der Waals surface area contributed by atoms with Crippen LogP contribution in [0.3, 0.4) is 0 Å². The van der Waals surface area contributed by atoms with E-state index >= 15 is 0 Å². The molecule has 1 aliphatic heterocycles. The van der Waals surface area contributed by atoms with E-state index in [9.17, 15) is 4.79 Å². The van der Waals surface area contributed by atoms with E-state index in [0.717, 1.165) is 74.5 Å². The monoisotopic (exact) mass is 410 g/mol. The van der Waals surface area contributed by atoms with Crippen LogP contribution in [0.15, 0.2) is 48.5 Å². The van der Waals surface area contributed by atoms with Crippen LogP contribution in [0.1, 0.15) is 44.2 Å². The number of ether oxygens (including phenoxy) is 2. The molecule has 0 unspecified atom stereocenters. The highest BCUT2D eigenvalue weighted by molar-refractivity contribution is 5.89. The molecule has 0 N–H and O–H groups in total. The molecule has 0 spiro atoms. The number of hydrogen-bond acceptors (Lipinski definition) is 4. The van der Waals surface area contributed by atoms with Gasteiger partial charge >= 0.3 is 6.09 Å². The smallest absolute Gasteiger partial charge is 0.414 e. The van der Waals surface area contributed by atoms with Crippen LogP contribution in [0.5, 0.6) is 5.75 Å². The molecule has 1 heterocycles. The first-order valence-corrected chi connectivity index (χ1v) is 11.2. The van der Waals surface area contributed by atoms with Gasteiger partial charge in [-0.1, -0.05) is 44.2 Å². The van der Waals surface area contributed by atoms with Gasteiger partial charge < -0.3 is 14.4 Å². The zero-order chi connectivity index (χ0) is 21.2. The van der Waals surface area contributed by atoms with Gasteiger partial charge in [0, 0.05) is 6.54 Å². The Morgan fingerprint density at radius 2 is 1.87 bits per heavy atom.